The van der Waals surface area contributed by atoms with Gasteiger partial charge in [0.25, 0.3) is 5.91 Å². The summed E-state index contributed by atoms with van der Waals surface area (Å²) in [5.41, 5.74) is 4.91. The largest absolute Gasteiger partial charge is 0.435 e. The van der Waals surface area contributed by atoms with Crippen LogP contribution in [0.2, 0.25) is 0 Å². The second kappa shape index (κ2) is 10.7. The van der Waals surface area contributed by atoms with Crippen molar-refractivity contribution in [3.8, 4) is 5.75 Å². The number of halogens is 2. The molecule has 3 rings (SSSR count). The third kappa shape index (κ3) is 6.12. The van der Waals surface area contributed by atoms with Crippen LogP contribution in [0.15, 0.2) is 72.8 Å². The quantitative estimate of drug-likeness (QED) is 0.532. The summed E-state index contributed by atoms with van der Waals surface area (Å²) < 4.78 is 29.3. The fourth-order valence-corrected chi connectivity index (χ4v) is 3.60. The van der Waals surface area contributed by atoms with Crippen molar-refractivity contribution in [2.24, 2.45) is 0 Å². The number of quaternary nitrogens is 1. The zero-order valence-corrected chi connectivity index (χ0v) is 17.6. The summed E-state index contributed by atoms with van der Waals surface area (Å²) in [5.74, 6) is 0.0116. The van der Waals surface area contributed by atoms with Gasteiger partial charge in [0, 0.05) is 16.8 Å². The van der Waals surface area contributed by atoms with E-state index in [1.165, 1.54) is 12.1 Å². The van der Waals surface area contributed by atoms with Gasteiger partial charge in [0.15, 0.2) is 6.54 Å². The van der Waals surface area contributed by atoms with Gasteiger partial charge in [-0.1, -0.05) is 55.5 Å². The number of hydrogen-bond donors (Lipinski definition) is 2. The Morgan fingerprint density at radius 1 is 0.968 bits per heavy atom. The van der Waals surface area contributed by atoms with Crippen LogP contribution in [-0.4, -0.2) is 19.1 Å². The molecule has 3 aromatic carbocycles. The second-order valence-corrected chi connectivity index (χ2v) is 7.29. The van der Waals surface area contributed by atoms with Crippen molar-refractivity contribution in [1.82, 2.24) is 0 Å². The minimum absolute atomic E-state index is 0.0948. The summed E-state index contributed by atoms with van der Waals surface area (Å²) in [6.07, 6.45) is 0.834. The van der Waals surface area contributed by atoms with Crippen LogP contribution < -0.4 is 15.4 Å². The highest BCUT2D eigenvalue weighted by Crippen LogP contribution is 2.23. The normalized spacial score (nSPS) is 11.9. The van der Waals surface area contributed by atoms with E-state index in [9.17, 15) is 13.6 Å². The van der Waals surface area contributed by atoms with Gasteiger partial charge in [0.05, 0.1) is 0 Å². The Kier molecular flexibility index (Phi) is 7.73. The predicted octanol–water partition coefficient (Wildman–Crippen LogP) is 4.45. The zero-order chi connectivity index (χ0) is 22.2. The molecule has 0 heterocycles. The highest BCUT2D eigenvalue weighted by Gasteiger charge is 2.20. The van der Waals surface area contributed by atoms with E-state index >= 15 is 0 Å². The van der Waals surface area contributed by atoms with Gasteiger partial charge in [-0.25, -0.2) is 0 Å². The van der Waals surface area contributed by atoms with Crippen LogP contribution in [0.5, 0.6) is 5.75 Å². The van der Waals surface area contributed by atoms with E-state index in [0.29, 0.717) is 0 Å². The van der Waals surface area contributed by atoms with Gasteiger partial charge >= 0.3 is 6.61 Å². The Hall–Kier alpha value is -3.25. The van der Waals surface area contributed by atoms with Crippen LogP contribution >= 0.6 is 0 Å². The monoisotopic (exact) mass is 425 g/mol. The fourth-order valence-electron chi connectivity index (χ4n) is 3.60. The standard InChI is InChI=1S/C25H26F2N2O2/c1-3-18-11-7-8-17(2)23(18)29-22(30)16-28-24(19-9-5-4-6-10-19)20-12-14-21(15-13-20)31-25(26)27/h4-15,24-25,28H,3,16H2,1-2H3,(H,29,30)/p+1/t24-/m1/s1. The number of para-hydroxylation sites is 1. The molecule has 0 aromatic heterocycles. The van der Waals surface area contributed by atoms with Gasteiger partial charge in [-0.05, 0) is 48.7 Å². The van der Waals surface area contributed by atoms with E-state index in [1.54, 1.807) is 12.1 Å². The van der Waals surface area contributed by atoms with Crippen molar-refractivity contribution < 1.29 is 23.6 Å². The molecule has 1 amide bonds. The van der Waals surface area contributed by atoms with Crippen molar-refractivity contribution in [1.29, 1.82) is 0 Å². The van der Waals surface area contributed by atoms with Crippen molar-refractivity contribution in [2.45, 2.75) is 32.9 Å². The Bertz CT molecular complexity index is 992. The first-order valence-electron chi connectivity index (χ1n) is 10.3. The summed E-state index contributed by atoms with van der Waals surface area (Å²) in [6.45, 7) is 1.39. The van der Waals surface area contributed by atoms with Crippen molar-refractivity contribution in [3.63, 3.8) is 0 Å². The minimum Gasteiger partial charge on any atom is -0.435 e. The van der Waals surface area contributed by atoms with Gasteiger partial charge in [0.1, 0.15) is 11.8 Å². The van der Waals surface area contributed by atoms with E-state index in [4.69, 9.17) is 0 Å². The highest BCUT2D eigenvalue weighted by atomic mass is 19.3. The average Bonchev–Trinajstić information content (AvgIpc) is 2.77. The number of carbonyl (C=O) groups excluding carboxylic acids is 1. The molecule has 162 valence electrons. The van der Waals surface area contributed by atoms with E-state index < -0.39 is 6.61 Å². The number of ether oxygens (including phenoxy) is 1. The molecule has 3 N–H and O–H groups in total. The lowest BCUT2D eigenvalue weighted by atomic mass is 9.98. The van der Waals surface area contributed by atoms with Crippen LogP contribution in [0, 0.1) is 6.92 Å². The number of alkyl halides is 2. The van der Waals surface area contributed by atoms with Crippen molar-refractivity contribution in [3.05, 3.63) is 95.1 Å². The molecule has 0 aliphatic carbocycles. The lowest BCUT2D eigenvalue weighted by Gasteiger charge is -2.18. The molecule has 0 saturated carbocycles. The molecular weight excluding hydrogens is 398 g/mol. The fraction of sp³-hybridized carbons (Fsp3) is 0.240. The molecule has 0 aliphatic heterocycles. The Morgan fingerprint density at radius 2 is 1.65 bits per heavy atom. The lowest BCUT2D eigenvalue weighted by molar-refractivity contribution is -0.676. The van der Waals surface area contributed by atoms with Crippen molar-refractivity contribution in [2.75, 3.05) is 11.9 Å². The zero-order valence-electron chi connectivity index (χ0n) is 17.6. The first-order valence-corrected chi connectivity index (χ1v) is 10.3. The number of hydrogen-bond acceptors (Lipinski definition) is 2. The molecular formula is C25H27F2N2O2+. The van der Waals surface area contributed by atoms with Crippen LogP contribution in [0.4, 0.5) is 14.5 Å². The molecule has 0 saturated heterocycles. The van der Waals surface area contributed by atoms with Crippen LogP contribution in [0.1, 0.15) is 35.2 Å². The summed E-state index contributed by atoms with van der Waals surface area (Å²) in [4.78, 5) is 12.7. The van der Waals surface area contributed by atoms with Crippen LogP contribution in [0.3, 0.4) is 0 Å². The molecule has 6 heteroatoms. The number of carbonyl (C=O) groups is 1. The van der Waals surface area contributed by atoms with Gasteiger partial charge in [-0.15, -0.1) is 0 Å². The van der Waals surface area contributed by atoms with E-state index in [1.807, 2.05) is 60.8 Å². The van der Waals surface area contributed by atoms with Crippen LogP contribution in [-0.2, 0) is 11.2 Å². The number of anilines is 1. The van der Waals surface area contributed by atoms with Gasteiger partial charge < -0.3 is 15.4 Å². The molecule has 0 fully saturated rings. The topological polar surface area (TPSA) is 54.9 Å². The maximum Gasteiger partial charge on any atom is 0.387 e. The molecule has 0 aliphatic rings. The van der Waals surface area contributed by atoms with Gasteiger partial charge in [-0.3, -0.25) is 4.79 Å². The number of nitrogens with one attached hydrogen (secondary N) is 1. The summed E-state index contributed by atoms with van der Waals surface area (Å²) in [6, 6.07) is 22.1. The van der Waals surface area contributed by atoms with Gasteiger partial charge in [-0.2, -0.15) is 8.78 Å². The Morgan fingerprint density at radius 3 is 2.29 bits per heavy atom. The SMILES string of the molecule is CCc1cccc(C)c1NC(=O)C[NH2+][C@H](c1ccccc1)c1ccc(OC(F)F)cc1. The Labute approximate surface area is 181 Å². The molecule has 0 radical (unpaired) electrons. The van der Waals surface area contributed by atoms with E-state index in [0.717, 1.165) is 34.4 Å². The smallest absolute Gasteiger partial charge is 0.387 e. The third-order valence-corrected chi connectivity index (χ3v) is 5.17. The number of aryl methyl sites for hydroxylation is 2. The number of amides is 1. The Balaban J connectivity index is 1.75. The van der Waals surface area contributed by atoms with Crippen molar-refractivity contribution >= 4 is 11.6 Å². The first-order chi connectivity index (χ1) is 15.0. The number of benzene rings is 3. The predicted molar refractivity (Wildman–Crippen MR) is 117 cm³/mol. The molecule has 0 bridgehead atoms. The van der Waals surface area contributed by atoms with E-state index in [2.05, 4.69) is 17.0 Å². The molecule has 1 atom stereocenters. The molecule has 3 aromatic rings. The lowest BCUT2D eigenvalue weighted by Crippen LogP contribution is -2.87. The third-order valence-electron chi connectivity index (χ3n) is 5.17. The maximum atomic E-state index is 12.7. The minimum atomic E-state index is -2.86. The second-order valence-electron chi connectivity index (χ2n) is 7.29. The molecule has 0 unspecified atom stereocenters. The number of rotatable bonds is 9. The molecule has 4 nitrogen and oxygen atoms in total. The molecule has 31 heavy (non-hydrogen) atoms. The summed E-state index contributed by atoms with van der Waals surface area (Å²) in [7, 11) is 0. The average molecular weight is 425 g/mol. The first kappa shape index (κ1) is 22.4. The van der Waals surface area contributed by atoms with Crippen LogP contribution in [0.25, 0.3) is 0 Å². The highest BCUT2D eigenvalue weighted by molar-refractivity contribution is 5.93. The molecule has 0 spiro atoms. The van der Waals surface area contributed by atoms with E-state index in [-0.39, 0.29) is 24.2 Å². The maximum absolute atomic E-state index is 12.7. The van der Waals surface area contributed by atoms with Gasteiger partial charge in [0.2, 0.25) is 0 Å². The summed E-state index contributed by atoms with van der Waals surface area (Å²) in [5, 5.41) is 4.99. The summed E-state index contributed by atoms with van der Waals surface area (Å²) >= 11 is 0. The number of nitrogens with two attached hydrogens (primary N) is 1.